The first-order valence-corrected chi connectivity index (χ1v) is 5.71. The van der Waals surface area contributed by atoms with Gasteiger partial charge in [-0.05, 0) is 24.5 Å². The summed E-state index contributed by atoms with van der Waals surface area (Å²) in [5.41, 5.74) is 0.584. The average Bonchev–Trinajstić information content (AvgIpc) is 2.50. The fourth-order valence-electron chi connectivity index (χ4n) is 2.26. The number of fused-ring (bicyclic) bond motifs is 1. The van der Waals surface area contributed by atoms with Crippen LogP contribution in [0, 0.1) is 15.9 Å². The number of nitro groups is 1. The van der Waals surface area contributed by atoms with Crippen molar-refractivity contribution in [3.63, 3.8) is 0 Å². The van der Waals surface area contributed by atoms with E-state index in [0.717, 1.165) is 18.1 Å². The highest BCUT2D eigenvalue weighted by Gasteiger charge is 2.27. The van der Waals surface area contributed by atoms with E-state index in [1.54, 1.807) is 6.07 Å². The normalized spacial score (nSPS) is 14.9. The van der Waals surface area contributed by atoms with Gasteiger partial charge in [-0.3, -0.25) is 14.9 Å². The fourth-order valence-corrected chi connectivity index (χ4v) is 2.26. The number of amides is 1. The molecule has 0 saturated heterocycles. The van der Waals surface area contributed by atoms with Crippen molar-refractivity contribution < 1.29 is 14.1 Å². The number of rotatable bonds is 1. The molecule has 1 amide bonds. The Labute approximate surface area is 103 Å². The van der Waals surface area contributed by atoms with E-state index in [4.69, 9.17) is 0 Å². The smallest absolute Gasteiger partial charge is 0.310 e. The predicted octanol–water partition coefficient (Wildman–Crippen LogP) is 2.03. The van der Waals surface area contributed by atoms with E-state index in [9.17, 15) is 19.3 Å². The van der Waals surface area contributed by atoms with E-state index in [-0.39, 0.29) is 12.5 Å². The second-order valence-corrected chi connectivity index (χ2v) is 4.33. The molecule has 1 aliphatic rings. The van der Waals surface area contributed by atoms with Crippen molar-refractivity contribution in [3.8, 4) is 0 Å². The summed E-state index contributed by atoms with van der Waals surface area (Å²) in [7, 11) is 0. The molecule has 1 heterocycles. The number of aryl methyl sites for hydroxylation is 1. The van der Waals surface area contributed by atoms with Gasteiger partial charge >= 0.3 is 5.69 Å². The Hall–Kier alpha value is -1.98. The summed E-state index contributed by atoms with van der Waals surface area (Å²) >= 11 is 0. The fraction of sp³-hybridized carbons (Fsp3) is 0.417. The highest BCUT2D eigenvalue weighted by atomic mass is 19.1. The molecule has 0 aromatic heterocycles. The quantitative estimate of drug-likeness (QED) is 0.567. The van der Waals surface area contributed by atoms with Gasteiger partial charge in [-0.2, -0.15) is 4.39 Å². The van der Waals surface area contributed by atoms with Crippen molar-refractivity contribution in [1.82, 2.24) is 4.90 Å². The molecule has 0 fully saturated rings. The first kappa shape index (κ1) is 12.5. The van der Waals surface area contributed by atoms with Crippen LogP contribution in [0.4, 0.5) is 10.1 Å². The zero-order chi connectivity index (χ0) is 13.3. The lowest BCUT2D eigenvalue weighted by Crippen LogP contribution is -2.28. The van der Waals surface area contributed by atoms with Crippen molar-refractivity contribution in [2.45, 2.75) is 26.3 Å². The van der Waals surface area contributed by atoms with Crippen molar-refractivity contribution in [2.24, 2.45) is 0 Å². The van der Waals surface area contributed by atoms with Crippen molar-refractivity contribution in [1.29, 1.82) is 0 Å². The molecule has 5 nitrogen and oxygen atoms in total. The summed E-state index contributed by atoms with van der Waals surface area (Å²) in [5.74, 6) is -0.995. The number of nitro benzene ring substituents is 1. The first-order chi connectivity index (χ1) is 8.50. The van der Waals surface area contributed by atoms with Crippen LogP contribution >= 0.6 is 0 Å². The molecule has 0 N–H and O–H groups in total. The van der Waals surface area contributed by atoms with Crippen molar-refractivity contribution >= 4 is 11.6 Å². The Morgan fingerprint density at radius 2 is 2.22 bits per heavy atom. The van der Waals surface area contributed by atoms with E-state index in [0.29, 0.717) is 18.5 Å². The highest BCUT2D eigenvalue weighted by Crippen LogP contribution is 2.30. The molecule has 0 saturated carbocycles. The third-order valence-corrected chi connectivity index (χ3v) is 3.18. The molecule has 2 rings (SSSR count). The van der Waals surface area contributed by atoms with Gasteiger partial charge in [-0.25, -0.2) is 0 Å². The van der Waals surface area contributed by atoms with Crippen molar-refractivity contribution in [2.75, 3.05) is 6.54 Å². The molecule has 1 aromatic rings. The number of carbonyl (C=O) groups excluding carboxylic acids is 1. The molecule has 0 unspecified atom stereocenters. The standard InChI is InChI=1S/C12H13FN2O3/c1-8(16)14-6-2-3-9-4-5-11(13)12(15(17)18)10(9)7-14/h4-5H,2-3,6-7H2,1H3. The summed E-state index contributed by atoms with van der Waals surface area (Å²) in [6.45, 7) is 2.07. The van der Waals surface area contributed by atoms with Crippen LogP contribution in [0.1, 0.15) is 24.5 Å². The second kappa shape index (κ2) is 4.72. The molecule has 1 aliphatic heterocycles. The van der Waals surface area contributed by atoms with Gasteiger partial charge in [0.2, 0.25) is 11.7 Å². The van der Waals surface area contributed by atoms with E-state index in [1.165, 1.54) is 11.8 Å². The Morgan fingerprint density at radius 3 is 2.83 bits per heavy atom. The van der Waals surface area contributed by atoms with Gasteiger partial charge in [0, 0.05) is 13.5 Å². The van der Waals surface area contributed by atoms with Crippen molar-refractivity contribution in [3.05, 3.63) is 39.2 Å². The van der Waals surface area contributed by atoms with Crippen LogP contribution in [0.15, 0.2) is 12.1 Å². The average molecular weight is 252 g/mol. The van der Waals surface area contributed by atoms with Gasteiger partial charge < -0.3 is 4.90 Å². The van der Waals surface area contributed by atoms with Crippen LogP contribution in [-0.4, -0.2) is 22.3 Å². The Kier molecular flexibility index (Phi) is 3.27. The summed E-state index contributed by atoms with van der Waals surface area (Å²) < 4.78 is 13.5. The third kappa shape index (κ3) is 2.18. The van der Waals surface area contributed by atoms with Gasteiger partial charge in [0.05, 0.1) is 17.0 Å². The SMILES string of the molecule is CC(=O)N1CCCc2ccc(F)c([N+](=O)[O-])c2C1. The molecular formula is C12H13FN2O3. The summed E-state index contributed by atoms with van der Waals surface area (Å²) in [4.78, 5) is 23.1. The minimum Gasteiger partial charge on any atom is -0.338 e. The topological polar surface area (TPSA) is 63.5 Å². The van der Waals surface area contributed by atoms with E-state index in [1.807, 2.05) is 0 Å². The molecule has 0 spiro atoms. The molecule has 0 aliphatic carbocycles. The second-order valence-electron chi connectivity index (χ2n) is 4.33. The number of halogens is 1. The summed E-state index contributed by atoms with van der Waals surface area (Å²) in [6, 6.07) is 2.70. The molecule has 0 bridgehead atoms. The van der Waals surface area contributed by atoms with Crippen LogP contribution in [0.5, 0.6) is 0 Å². The maximum Gasteiger partial charge on any atom is 0.310 e. The number of hydrogen-bond acceptors (Lipinski definition) is 3. The first-order valence-electron chi connectivity index (χ1n) is 5.71. The maximum absolute atomic E-state index is 13.5. The maximum atomic E-state index is 13.5. The Balaban J connectivity index is 2.52. The molecule has 1 aromatic carbocycles. The highest BCUT2D eigenvalue weighted by molar-refractivity contribution is 5.73. The van der Waals surface area contributed by atoms with Crippen LogP contribution < -0.4 is 0 Å². The van der Waals surface area contributed by atoms with Crippen LogP contribution in [-0.2, 0) is 17.8 Å². The van der Waals surface area contributed by atoms with Crippen LogP contribution in [0.25, 0.3) is 0 Å². The monoisotopic (exact) mass is 252 g/mol. The lowest BCUT2D eigenvalue weighted by atomic mass is 10.0. The van der Waals surface area contributed by atoms with Gasteiger partial charge in [-0.1, -0.05) is 6.07 Å². The number of benzene rings is 1. The molecule has 0 atom stereocenters. The summed E-state index contributed by atoms with van der Waals surface area (Å²) in [5, 5.41) is 10.9. The van der Waals surface area contributed by atoms with Gasteiger partial charge in [0.15, 0.2) is 0 Å². The lowest BCUT2D eigenvalue weighted by Gasteiger charge is -2.18. The van der Waals surface area contributed by atoms with Gasteiger partial charge in [0.1, 0.15) is 0 Å². The lowest BCUT2D eigenvalue weighted by molar-refractivity contribution is -0.388. The Bertz CT molecular complexity index is 516. The predicted molar refractivity (Wildman–Crippen MR) is 62.5 cm³/mol. The molecule has 6 heteroatoms. The number of nitrogens with zero attached hydrogens (tertiary/aromatic N) is 2. The van der Waals surface area contributed by atoms with E-state index >= 15 is 0 Å². The van der Waals surface area contributed by atoms with Crippen LogP contribution in [0.2, 0.25) is 0 Å². The van der Waals surface area contributed by atoms with Gasteiger partial charge in [-0.15, -0.1) is 0 Å². The number of hydrogen-bond donors (Lipinski definition) is 0. The van der Waals surface area contributed by atoms with Gasteiger partial charge in [0.25, 0.3) is 0 Å². The molecule has 0 radical (unpaired) electrons. The molecule has 96 valence electrons. The largest absolute Gasteiger partial charge is 0.338 e. The zero-order valence-corrected chi connectivity index (χ0v) is 9.98. The minimum atomic E-state index is -0.843. The number of carbonyl (C=O) groups is 1. The minimum absolute atomic E-state index is 0.110. The Morgan fingerprint density at radius 1 is 1.50 bits per heavy atom. The molecule has 18 heavy (non-hydrogen) atoms. The third-order valence-electron chi connectivity index (χ3n) is 3.18. The summed E-state index contributed by atoms with van der Waals surface area (Å²) in [6.07, 6.45) is 1.36. The molecular weight excluding hydrogens is 239 g/mol. The van der Waals surface area contributed by atoms with E-state index < -0.39 is 16.4 Å². The zero-order valence-electron chi connectivity index (χ0n) is 9.98. The van der Waals surface area contributed by atoms with E-state index in [2.05, 4.69) is 0 Å². The van der Waals surface area contributed by atoms with Crippen LogP contribution in [0.3, 0.4) is 0 Å².